The summed E-state index contributed by atoms with van der Waals surface area (Å²) < 4.78 is 11.6. The first-order valence-corrected chi connectivity index (χ1v) is 9.49. The average Bonchev–Trinajstić information content (AvgIpc) is 2.95. The van der Waals surface area contributed by atoms with Crippen molar-refractivity contribution >= 4 is 34.5 Å². The Kier molecular flexibility index (Phi) is 4.54. The third-order valence-electron chi connectivity index (χ3n) is 4.47. The third-order valence-corrected chi connectivity index (χ3v) is 5.88. The summed E-state index contributed by atoms with van der Waals surface area (Å²) in [6, 6.07) is 11.1. The van der Waals surface area contributed by atoms with Crippen molar-refractivity contribution in [3.8, 4) is 17.2 Å². The molecule has 0 aromatic heterocycles. The highest BCUT2D eigenvalue weighted by Crippen LogP contribution is 2.43. The minimum Gasteiger partial charge on any atom is -0.493 e. The maximum Gasteiger partial charge on any atom is 0.286 e. The van der Waals surface area contributed by atoms with Crippen LogP contribution in [0, 0.1) is 6.92 Å². The lowest BCUT2D eigenvalue weighted by Crippen LogP contribution is -2.31. The lowest BCUT2D eigenvalue weighted by atomic mass is 9.89. The molecule has 2 atom stereocenters. The van der Waals surface area contributed by atoms with E-state index in [0.717, 1.165) is 22.9 Å². The molecule has 0 spiro atoms. The lowest BCUT2D eigenvalue weighted by Gasteiger charge is -2.28. The second-order valence-corrected chi connectivity index (χ2v) is 7.82. The van der Waals surface area contributed by atoms with E-state index in [0.29, 0.717) is 35.3 Å². The molecule has 1 unspecified atom stereocenters. The van der Waals surface area contributed by atoms with Gasteiger partial charge in [-0.15, -0.1) is 0 Å². The van der Waals surface area contributed by atoms with Gasteiger partial charge in [-0.1, -0.05) is 35.5 Å². The van der Waals surface area contributed by atoms with E-state index in [9.17, 15) is 9.59 Å². The van der Waals surface area contributed by atoms with Gasteiger partial charge in [-0.2, -0.15) is 0 Å². The first-order chi connectivity index (χ1) is 12.5. The van der Waals surface area contributed by atoms with Crippen molar-refractivity contribution < 1.29 is 19.1 Å². The SMILES string of the molecule is Cc1ccc(Oc2ccc3c(c2)OCCC3[C@@H]2SC(=O)NC2=O)c(Cl)c1. The van der Waals surface area contributed by atoms with Gasteiger partial charge in [0, 0.05) is 12.0 Å². The molecular formula is C19H16ClNO4S. The number of benzene rings is 2. The Balaban J connectivity index is 1.60. The zero-order valence-corrected chi connectivity index (χ0v) is 15.5. The van der Waals surface area contributed by atoms with E-state index in [2.05, 4.69) is 5.32 Å². The third kappa shape index (κ3) is 3.27. The number of nitrogens with one attached hydrogen (secondary N) is 1. The van der Waals surface area contributed by atoms with Gasteiger partial charge in [0.25, 0.3) is 5.24 Å². The van der Waals surface area contributed by atoms with E-state index in [1.807, 2.05) is 37.3 Å². The van der Waals surface area contributed by atoms with Crippen LogP contribution in [0.2, 0.25) is 5.02 Å². The van der Waals surface area contributed by atoms with Crippen LogP contribution in [0.1, 0.15) is 23.5 Å². The number of imide groups is 1. The summed E-state index contributed by atoms with van der Waals surface area (Å²) >= 11 is 7.28. The summed E-state index contributed by atoms with van der Waals surface area (Å²) in [7, 11) is 0. The Hall–Kier alpha value is -2.18. The minimum atomic E-state index is -0.413. The number of carbonyl (C=O) groups excluding carboxylic acids is 2. The molecule has 1 saturated heterocycles. The molecule has 1 fully saturated rings. The molecule has 134 valence electrons. The molecule has 7 heteroatoms. The monoisotopic (exact) mass is 389 g/mol. The fourth-order valence-corrected chi connectivity index (χ4v) is 4.50. The fraction of sp³-hybridized carbons (Fsp3) is 0.263. The van der Waals surface area contributed by atoms with Crippen molar-refractivity contribution in [2.24, 2.45) is 0 Å². The molecule has 0 bridgehead atoms. The van der Waals surface area contributed by atoms with Crippen LogP contribution in [0.3, 0.4) is 0 Å². The van der Waals surface area contributed by atoms with Crippen LogP contribution in [0.4, 0.5) is 4.79 Å². The molecule has 2 aromatic carbocycles. The van der Waals surface area contributed by atoms with Gasteiger partial charge >= 0.3 is 0 Å². The quantitative estimate of drug-likeness (QED) is 0.827. The first kappa shape index (κ1) is 17.2. The Morgan fingerprint density at radius 3 is 2.81 bits per heavy atom. The molecule has 2 heterocycles. The van der Waals surface area contributed by atoms with Crippen LogP contribution >= 0.6 is 23.4 Å². The molecular weight excluding hydrogens is 374 g/mol. The number of ether oxygens (including phenoxy) is 2. The average molecular weight is 390 g/mol. The Morgan fingerprint density at radius 1 is 1.23 bits per heavy atom. The molecule has 0 aliphatic carbocycles. The maximum atomic E-state index is 12.0. The van der Waals surface area contributed by atoms with Gasteiger partial charge in [0.15, 0.2) is 0 Å². The highest BCUT2D eigenvalue weighted by Gasteiger charge is 2.40. The second kappa shape index (κ2) is 6.85. The van der Waals surface area contributed by atoms with Gasteiger partial charge in [0.2, 0.25) is 5.91 Å². The molecule has 2 amide bonds. The first-order valence-electron chi connectivity index (χ1n) is 8.23. The van der Waals surface area contributed by atoms with Crippen molar-refractivity contribution in [1.29, 1.82) is 0 Å². The second-order valence-electron chi connectivity index (χ2n) is 6.29. The molecule has 2 aliphatic rings. The number of halogens is 1. The molecule has 5 nitrogen and oxygen atoms in total. The van der Waals surface area contributed by atoms with Gasteiger partial charge in [0.1, 0.15) is 22.5 Å². The van der Waals surface area contributed by atoms with Crippen LogP contribution in [0.15, 0.2) is 36.4 Å². The molecule has 0 saturated carbocycles. The predicted octanol–water partition coefficient (Wildman–Crippen LogP) is 4.66. The number of carbonyl (C=O) groups is 2. The smallest absolute Gasteiger partial charge is 0.286 e. The van der Waals surface area contributed by atoms with Crippen molar-refractivity contribution in [2.75, 3.05) is 6.61 Å². The topological polar surface area (TPSA) is 64.6 Å². The maximum absolute atomic E-state index is 12.0. The van der Waals surface area contributed by atoms with Crippen LogP contribution in [-0.2, 0) is 4.79 Å². The van der Waals surface area contributed by atoms with Gasteiger partial charge in [-0.05, 0) is 42.7 Å². The van der Waals surface area contributed by atoms with Crippen LogP contribution in [-0.4, -0.2) is 23.0 Å². The molecule has 0 radical (unpaired) electrons. The lowest BCUT2D eigenvalue weighted by molar-refractivity contribution is -0.119. The molecule has 1 N–H and O–H groups in total. The van der Waals surface area contributed by atoms with Crippen molar-refractivity contribution in [1.82, 2.24) is 5.32 Å². The van der Waals surface area contributed by atoms with E-state index < -0.39 is 5.25 Å². The number of aryl methyl sites for hydroxylation is 1. The Morgan fingerprint density at radius 2 is 2.08 bits per heavy atom. The van der Waals surface area contributed by atoms with E-state index in [1.54, 1.807) is 6.07 Å². The summed E-state index contributed by atoms with van der Waals surface area (Å²) in [6.45, 7) is 2.45. The number of rotatable bonds is 3. The van der Waals surface area contributed by atoms with Gasteiger partial charge < -0.3 is 9.47 Å². The van der Waals surface area contributed by atoms with Gasteiger partial charge in [-0.3, -0.25) is 14.9 Å². The van der Waals surface area contributed by atoms with Crippen molar-refractivity contribution in [3.63, 3.8) is 0 Å². The number of amides is 2. The normalized spacial score (nSPS) is 21.8. The largest absolute Gasteiger partial charge is 0.493 e. The van der Waals surface area contributed by atoms with Crippen molar-refractivity contribution in [2.45, 2.75) is 24.5 Å². The van der Waals surface area contributed by atoms with E-state index in [-0.39, 0.29) is 17.1 Å². The number of hydrogen-bond donors (Lipinski definition) is 1. The Labute approximate surface area is 160 Å². The minimum absolute atomic E-state index is 0.0628. The zero-order valence-electron chi connectivity index (χ0n) is 14.0. The fourth-order valence-electron chi connectivity index (χ4n) is 3.23. The number of thioether (sulfide) groups is 1. The summed E-state index contributed by atoms with van der Waals surface area (Å²) in [5, 5.41) is 2.19. The standard InChI is InChI=1S/C19H16ClNO4S/c1-10-2-5-15(14(20)8-10)25-11-3-4-12-13(6-7-24-16(12)9-11)17-18(22)21-19(23)26-17/h2-5,8-9,13,17H,6-7H2,1H3,(H,21,22,23)/t13?,17-/m0/s1. The predicted molar refractivity (Wildman–Crippen MR) is 100 cm³/mol. The number of fused-ring (bicyclic) bond motifs is 1. The van der Waals surface area contributed by atoms with E-state index in [4.69, 9.17) is 21.1 Å². The van der Waals surface area contributed by atoms with E-state index in [1.165, 1.54) is 0 Å². The summed E-state index contributed by atoms with van der Waals surface area (Å²) in [5.74, 6) is 1.56. The van der Waals surface area contributed by atoms with Crippen molar-refractivity contribution in [3.05, 3.63) is 52.5 Å². The van der Waals surface area contributed by atoms with Gasteiger partial charge in [0.05, 0.1) is 11.6 Å². The van der Waals surface area contributed by atoms with E-state index >= 15 is 0 Å². The molecule has 4 rings (SSSR count). The highest BCUT2D eigenvalue weighted by molar-refractivity contribution is 8.15. The molecule has 2 aliphatic heterocycles. The Bertz CT molecular complexity index is 901. The summed E-state index contributed by atoms with van der Waals surface area (Å²) in [6.07, 6.45) is 0.690. The molecule has 26 heavy (non-hydrogen) atoms. The van der Waals surface area contributed by atoms with Gasteiger partial charge in [-0.25, -0.2) is 0 Å². The number of hydrogen-bond acceptors (Lipinski definition) is 5. The highest BCUT2D eigenvalue weighted by atomic mass is 35.5. The van der Waals surface area contributed by atoms with Crippen LogP contribution in [0.25, 0.3) is 0 Å². The zero-order chi connectivity index (χ0) is 18.3. The summed E-state index contributed by atoms with van der Waals surface area (Å²) in [4.78, 5) is 23.5. The molecule has 2 aromatic rings. The van der Waals surface area contributed by atoms with Crippen LogP contribution in [0.5, 0.6) is 17.2 Å². The van der Waals surface area contributed by atoms with Crippen LogP contribution < -0.4 is 14.8 Å². The summed E-state index contributed by atoms with van der Waals surface area (Å²) in [5.41, 5.74) is 1.97.